The van der Waals surface area contributed by atoms with Crippen molar-refractivity contribution in [2.24, 2.45) is 0 Å². The summed E-state index contributed by atoms with van der Waals surface area (Å²) < 4.78 is 28.3. The van der Waals surface area contributed by atoms with Gasteiger partial charge in [0, 0.05) is 19.0 Å². The number of hydrogen-bond donors (Lipinski definition) is 1. The minimum atomic E-state index is -3.34. The first-order valence-electron chi connectivity index (χ1n) is 7.22. The van der Waals surface area contributed by atoms with Gasteiger partial charge in [-0.2, -0.15) is 5.26 Å². The van der Waals surface area contributed by atoms with Crippen LogP contribution in [0.3, 0.4) is 0 Å². The molecule has 1 aromatic heterocycles. The van der Waals surface area contributed by atoms with E-state index in [1.807, 2.05) is 24.3 Å². The fraction of sp³-hybridized carbons (Fsp3) is 0.467. The molecule has 1 heterocycles. The van der Waals surface area contributed by atoms with Crippen molar-refractivity contribution in [3.63, 3.8) is 0 Å². The molecule has 0 saturated carbocycles. The Kier molecular flexibility index (Phi) is 5.16. The van der Waals surface area contributed by atoms with Crippen molar-refractivity contribution in [3.05, 3.63) is 30.1 Å². The number of nitriles is 1. The van der Waals surface area contributed by atoms with Gasteiger partial charge in [0.05, 0.1) is 29.2 Å². The van der Waals surface area contributed by atoms with E-state index in [-0.39, 0.29) is 18.7 Å². The van der Waals surface area contributed by atoms with E-state index in [2.05, 4.69) is 28.1 Å². The number of fused-ring (bicyclic) bond motifs is 1. The second-order valence-corrected chi connectivity index (χ2v) is 7.40. The summed E-state index contributed by atoms with van der Waals surface area (Å²) in [6, 6.07) is 7.97. The molecule has 0 aliphatic rings. The molecule has 22 heavy (non-hydrogen) atoms. The second kappa shape index (κ2) is 6.90. The molecular formula is C15H20N4O2S. The summed E-state index contributed by atoms with van der Waals surface area (Å²) >= 11 is 0. The molecule has 0 fully saturated rings. The van der Waals surface area contributed by atoms with Gasteiger partial charge < -0.3 is 4.57 Å². The second-order valence-electron chi connectivity index (χ2n) is 5.47. The van der Waals surface area contributed by atoms with E-state index in [9.17, 15) is 8.42 Å². The van der Waals surface area contributed by atoms with Gasteiger partial charge in [0.25, 0.3) is 0 Å². The van der Waals surface area contributed by atoms with Gasteiger partial charge in [-0.05, 0) is 38.0 Å². The normalized spacial score (nSPS) is 11.9. The zero-order chi connectivity index (χ0) is 16.2. The van der Waals surface area contributed by atoms with E-state index in [4.69, 9.17) is 5.26 Å². The van der Waals surface area contributed by atoms with Crippen LogP contribution in [-0.2, 0) is 16.6 Å². The zero-order valence-electron chi connectivity index (χ0n) is 12.8. The zero-order valence-corrected chi connectivity index (χ0v) is 13.6. The van der Waals surface area contributed by atoms with Gasteiger partial charge in [-0.1, -0.05) is 6.07 Å². The maximum absolute atomic E-state index is 11.8. The van der Waals surface area contributed by atoms with Crippen LogP contribution >= 0.6 is 0 Å². The van der Waals surface area contributed by atoms with Crippen LogP contribution in [-0.4, -0.2) is 23.7 Å². The lowest BCUT2D eigenvalue weighted by Crippen LogP contribution is -2.25. The van der Waals surface area contributed by atoms with Crippen LogP contribution in [0.5, 0.6) is 0 Å². The Morgan fingerprint density at radius 2 is 2.18 bits per heavy atom. The summed E-state index contributed by atoms with van der Waals surface area (Å²) in [5.74, 6) is -0.0211. The van der Waals surface area contributed by atoms with Crippen molar-refractivity contribution in [1.82, 2.24) is 14.3 Å². The molecule has 0 atom stereocenters. The van der Waals surface area contributed by atoms with Crippen LogP contribution in [0.15, 0.2) is 24.5 Å². The summed E-state index contributed by atoms with van der Waals surface area (Å²) in [5.41, 5.74) is 2.78. The highest BCUT2D eigenvalue weighted by atomic mass is 32.2. The standard InChI is InChI=1S/C15H20N4O2S/c1-12(2)19-11-17-14-6-5-13(9-15(14)19)10-18-22(20,21)8-4-3-7-16/h5-6,9,11-12,18H,3-4,8,10H2,1-2H3. The molecule has 0 amide bonds. The molecule has 0 aliphatic heterocycles. The van der Waals surface area contributed by atoms with E-state index in [0.29, 0.717) is 12.5 Å². The molecule has 1 aromatic carbocycles. The average molecular weight is 320 g/mol. The molecule has 0 aliphatic carbocycles. The summed E-state index contributed by atoms with van der Waals surface area (Å²) in [7, 11) is -3.34. The maximum Gasteiger partial charge on any atom is 0.211 e. The predicted molar refractivity (Wildman–Crippen MR) is 85.6 cm³/mol. The van der Waals surface area contributed by atoms with Crippen LogP contribution in [0.1, 0.15) is 38.3 Å². The molecule has 0 saturated heterocycles. The third kappa shape index (κ3) is 4.06. The summed E-state index contributed by atoms with van der Waals surface area (Å²) in [5, 5.41) is 8.45. The Morgan fingerprint density at radius 1 is 1.41 bits per heavy atom. The molecule has 0 radical (unpaired) electrons. The molecule has 118 valence electrons. The molecule has 6 nitrogen and oxygen atoms in total. The van der Waals surface area contributed by atoms with Gasteiger partial charge in [0.15, 0.2) is 0 Å². The highest BCUT2D eigenvalue weighted by molar-refractivity contribution is 7.89. The number of aromatic nitrogens is 2. The largest absolute Gasteiger partial charge is 0.328 e. The van der Waals surface area contributed by atoms with Crippen LogP contribution < -0.4 is 4.72 Å². The SMILES string of the molecule is CC(C)n1cnc2ccc(CNS(=O)(=O)CCCC#N)cc21. The minimum Gasteiger partial charge on any atom is -0.328 e. The highest BCUT2D eigenvalue weighted by Crippen LogP contribution is 2.19. The monoisotopic (exact) mass is 320 g/mol. The first kappa shape index (κ1) is 16.5. The Bertz CT molecular complexity index is 787. The first-order chi connectivity index (χ1) is 10.4. The smallest absolute Gasteiger partial charge is 0.211 e. The number of nitrogens with zero attached hydrogens (tertiary/aromatic N) is 3. The van der Waals surface area contributed by atoms with Crippen LogP contribution in [0.2, 0.25) is 0 Å². The van der Waals surface area contributed by atoms with Crippen molar-refractivity contribution in [2.75, 3.05) is 5.75 Å². The van der Waals surface area contributed by atoms with E-state index < -0.39 is 10.0 Å². The van der Waals surface area contributed by atoms with Crippen LogP contribution in [0.4, 0.5) is 0 Å². The van der Waals surface area contributed by atoms with Crippen molar-refractivity contribution >= 4 is 21.1 Å². The summed E-state index contributed by atoms with van der Waals surface area (Å²) in [6.45, 7) is 4.39. The number of benzene rings is 1. The van der Waals surface area contributed by atoms with Crippen molar-refractivity contribution in [3.8, 4) is 6.07 Å². The third-order valence-electron chi connectivity index (χ3n) is 3.39. The quantitative estimate of drug-likeness (QED) is 0.793. The molecule has 1 N–H and O–H groups in total. The van der Waals surface area contributed by atoms with Gasteiger partial charge in [-0.15, -0.1) is 0 Å². The molecule has 0 bridgehead atoms. The predicted octanol–water partition coefficient (Wildman–Crippen LogP) is 2.34. The molecular weight excluding hydrogens is 300 g/mol. The van der Waals surface area contributed by atoms with E-state index in [1.165, 1.54) is 0 Å². The number of unbranched alkanes of at least 4 members (excludes halogenated alkanes) is 1. The molecule has 2 aromatic rings. The lowest BCUT2D eigenvalue weighted by Gasteiger charge is -2.10. The first-order valence-corrected chi connectivity index (χ1v) is 8.88. The summed E-state index contributed by atoms with van der Waals surface area (Å²) in [6.07, 6.45) is 2.40. The third-order valence-corrected chi connectivity index (χ3v) is 4.80. The maximum atomic E-state index is 11.8. The average Bonchev–Trinajstić information content (AvgIpc) is 2.88. The van der Waals surface area contributed by atoms with Crippen molar-refractivity contribution in [2.45, 2.75) is 39.3 Å². The Labute approximate surface area is 130 Å². The lowest BCUT2D eigenvalue weighted by atomic mass is 10.2. The lowest BCUT2D eigenvalue weighted by molar-refractivity contribution is 0.579. The number of sulfonamides is 1. The van der Waals surface area contributed by atoms with Gasteiger partial charge >= 0.3 is 0 Å². The topological polar surface area (TPSA) is 87.8 Å². The fourth-order valence-electron chi connectivity index (χ4n) is 2.20. The van der Waals surface area contributed by atoms with E-state index >= 15 is 0 Å². The van der Waals surface area contributed by atoms with Crippen molar-refractivity contribution < 1.29 is 8.42 Å². The van der Waals surface area contributed by atoms with Gasteiger partial charge in [0.1, 0.15) is 0 Å². The number of rotatable bonds is 7. The van der Waals surface area contributed by atoms with Gasteiger partial charge in [-0.3, -0.25) is 0 Å². The summed E-state index contributed by atoms with van der Waals surface area (Å²) in [4.78, 5) is 4.33. The van der Waals surface area contributed by atoms with E-state index in [1.54, 1.807) is 6.33 Å². The Balaban J connectivity index is 2.09. The molecule has 7 heteroatoms. The fourth-order valence-corrected chi connectivity index (χ4v) is 3.26. The van der Waals surface area contributed by atoms with Crippen LogP contribution in [0.25, 0.3) is 11.0 Å². The molecule has 0 spiro atoms. The number of hydrogen-bond acceptors (Lipinski definition) is 4. The highest BCUT2D eigenvalue weighted by Gasteiger charge is 2.11. The number of nitrogens with one attached hydrogen (secondary N) is 1. The van der Waals surface area contributed by atoms with E-state index in [0.717, 1.165) is 16.6 Å². The Hall–Kier alpha value is -1.91. The molecule has 0 unspecified atom stereocenters. The van der Waals surface area contributed by atoms with Gasteiger partial charge in [-0.25, -0.2) is 18.1 Å². The molecule has 2 rings (SSSR count). The van der Waals surface area contributed by atoms with Gasteiger partial charge in [0.2, 0.25) is 10.0 Å². The van der Waals surface area contributed by atoms with Crippen molar-refractivity contribution in [1.29, 1.82) is 5.26 Å². The number of imidazole rings is 1. The minimum absolute atomic E-state index is 0.0211. The Morgan fingerprint density at radius 3 is 2.86 bits per heavy atom. The van der Waals surface area contributed by atoms with Crippen LogP contribution in [0, 0.1) is 11.3 Å².